The van der Waals surface area contributed by atoms with E-state index in [1.165, 1.54) is 30.4 Å². The molecule has 2 heterocycles. The summed E-state index contributed by atoms with van der Waals surface area (Å²) in [7, 11) is 0. The molecule has 0 spiro atoms. The Bertz CT molecular complexity index is 741. The number of benzene rings is 1. The second-order valence-electron chi connectivity index (χ2n) is 5.68. The van der Waals surface area contributed by atoms with Crippen molar-refractivity contribution in [3.63, 3.8) is 0 Å². The molecule has 0 aromatic heterocycles. The molecular formula is C15H15F3N2O6. The van der Waals surface area contributed by atoms with Crippen LogP contribution < -0.4 is 20.1 Å². The zero-order chi connectivity index (χ0) is 19.1. The van der Waals surface area contributed by atoms with E-state index in [9.17, 15) is 27.9 Å². The number of carbonyl (C=O) groups excluding carboxylic acids is 2. The van der Waals surface area contributed by atoms with Crippen LogP contribution in [0.5, 0.6) is 11.5 Å². The molecule has 11 heteroatoms. The average Bonchev–Trinajstić information content (AvgIpc) is 3.00. The van der Waals surface area contributed by atoms with E-state index in [4.69, 9.17) is 14.2 Å². The molecule has 0 bridgehead atoms. The van der Waals surface area contributed by atoms with E-state index in [0.717, 1.165) is 0 Å². The van der Waals surface area contributed by atoms with Gasteiger partial charge in [0.25, 0.3) is 5.72 Å². The van der Waals surface area contributed by atoms with E-state index in [1.807, 2.05) is 0 Å². The van der Waals surface area contributed by atoms with Gasteiger partial charge in [0.1, 0.15) is 5.92 Å². The van der Waals surface area contributed by atoms with Crippen LogP contribution in [0.1, 0.15) is 18.5 Å². The predicted octanol–water partition coefficient (Wildman–Crippen LogP) is 1.20. The fourth-order valence-corrected chi connectivity index (χ4v) is 2.92. The van der Waals surface area contributed by atoms with Crippen molar-refractivity contribution < 1.29 is 42.1 Å². The number of aliphatic hydroxyl groups is 1. The molecule has 1 aromatic rings. The minimum absolute atomic E-state index is 0.0643. The standard InChI is InChI=1S/C15H15F3N2O6/c1-2-24-12(21)10-11(7-3-4-8-9(5-7)26-6-25-8)19-13(22)20-14(10,23)15(16,17)18/h3-5,10-11,23H,2,6H2,1H3,(H2,19,20,22)/t10-,11+,14+/m0/s1. The number of esters is 1. The Morgan fingerprint density at radius 3 is 2.73 bits per heavy atom. The molecule has 1 saturated heterocycles. The Kier molecular flexibility index (Phi) is 4.34. The van der Waals surface area contributed by atoms with Crippen LogP contribution in [0.3, 0.4) is 0 Å². The van der Waals surface area contributed by atoms with Gasteiger partial charge in [-0.1, -0.05) is 6.07 Å². The first kappa shape index (κ1) is 18.1. The number of halogens is 3. The number of ether oxygens (including phenoxy) is 3. The number of carbonyl (C=O) groups is 2. The third-order valence-corrected chi connectivity index (χ3v) is 4.10. The highest BCUT2D eigenvalue weighted by Gasteiger charge is 2.67. The van der Waals surface area contributed by atoms with Crippen LogP contribution in [0.4, 0.5) is 18.0 Å². The molecule has 0 aliphatic carbocycles. The highest BCUT2D eigenvalue weighted by Crippen LogP contribution is 2.44. The Morgan fingerprint density at radius 1 is 1.38 bits per heavy atom. The molecule has 3 atom stereocenters. The first-order chi connectivity index (χ1) is 12.2. The van der Waals surface area contributed by atoms with Gasteiger partial charge in [0.05, 0.1) is 12.6 Å². The van der Waals surface area contributed by atoms with Gasteiger partial charge < -0.3 is 30.0 Å². The lowest BCUT2D eigenvalue weighted by Gasteiger charge is -2.44. The van der Waals surface area contributed by atoms with Gasteiger partial charge in [0, 0.05) is 0 Å². The molecule has 0 unspecified atom stereocenters. The number of nitrogens with one attached hydrogen (secondary N) is 2. The maximum absolute atomic E-state index is 13.5. The normalized spacial score (nSPS) is 27.5. The summed E-state index contributed by atoms with van der Waals surface area (Å²) in [6.07, 6.45) is -5.32. The molecule has 0 saturated carbocycles. The summed E-state index contributed by atoms with van der Waals surface area (Å²) >= 11 is 0. The fourth-order valence-electron chi connectivity index (χ4n) is 2.92. The first-order valence-electron chi connectivity index (χ1n) is 7.61. The predicted molar refractivity (Wildman–Crippen MR) is 78.1 cm³/mol. The van der Waals surface area contributed by atoms with Gasteiger partial charge >= 0.3 is 18.2 Å². The maximum atomic E-state index is 13.5. The molecule has 2 aliphatic heterocycles. The lowest BCUT2D eigenvalue weighted by Crippen LogP contribution is -2.73. The van der Waals surface area contributed by atoms with Crippen molar-refractivity contribution in [1.29, 1.82) is 0 Å². The van der Waals surface area contributed by atoms with Gasteiger partial charge in [-0.3, -0.25) is 4.79 Å². The Hall–Kier alpha value is -2.69. The van der Waals surface area contributed by atoms with E-state index in [-0.39, 0.29) is 24.7 Å². The van der Waals surface area contributed by atoms with Crippen LogP contribution in [-0.2, 0) is 9.53 Å². The van der Waals surface area contributed by atoms with Crippen LogP contribution in [0.25, 0.3) is 0 Å². The molecule has 1 fully saturated rings. The van der Waals surface area contributed by atoms with E-state index in [0.29, 0.717) is 5.75 Å². The fraction of sp³-hybridized carbons (Fsp3) is 0.467. The lowest BCUT2D eigenvalue weighted by molar-refractivity contribution is -0.294. The van der Waals surface area contributed by atoms with E-state index in [2.05, 4.69) is 5.32 Å². The molecule has 2 amide bonds. The van der Waals surface area contributed by atoms with Gasteiger partial charge in [0.2, 0.25) is 6.79 Å². The number of amides is 2. The zero-order valence-electron chi connectivity index (χ0n) is 13.4. The summed E-state index contributed by atoms with van der Waals surface area (Å²) in [6, 6.07) is 1.34. The highest BCUT2D eigenvalue weighted by molar-refractivity contribution is 5.83. The number of hydrogen-bond acceptors (Lipinski definition) is 6. The van der Waals surface area contributed by atoms with Crippen LogP contribution in [0.15, 0.2) is 18.2 Å². The zero-order valence-corrected chi connectivity index (χ0v) is 13.4. The van der Waals surface area contributed by atoms with Crippen LogP contribution in [-0.4, -0.2) is 42.4 Å². The van der Waals surface area contributed by atoms with Gasteiger partial charge in [-0.15, -0.1) is 0 Å². The summed E-state index contributed by atoms with van der Waals surface area (Å²) in [5, 5.41) is 13.8. The van der Waals surface area contributed by atoms with Gasteiger partial charge in [-0.05, 0) is 24.6 Å². The molecule has 3 N–H and O–H groups in total. The highest BCUT2D eigenvalue weighted by atomic mass is 19.4. The Labute approximate surface area is 145 Å². The molecule has 1 aromatic carbocycles. The maximum Gasteiger partial charge on any atom is 0.437 e. The van der Waals surface area contributed by atoms with E-state index >= 15 is 0 Å². The number of fused-ring (bicyclic) bond motifs is 1. The largest absolute Gasteiger partial charge is 0.466 e. The van der Waals surface area contributed by atoms with Crippen molar-refractivity contribution in [2.75, 3.05) is 13.4 Å². The topological polar surface area (TPSA) is 106 Å². The van der Waals surface area contributed by atoms with Crippen LogP contribution in [0.2, 0.25) is 0 Å². The summed E-state index contributed by atoms with van der Waals surface area (Å²) in [5.41, 5.74) is -3.69. The minimum Gasteiger partial charge on any atom is -0.466 e. The van der Waals surface area contributed by atoms with E-state index in [1.54, 1.807) is 0 Å². The molecule has 142 valence electrons. The van der Waals surface area contributed by atoms with Crippen molar-refractivity contribution in [3.05, 3.63) is 23.8 Å². The molecule has 0 radical (unpaired) electrons. The van der Waals surface area contributed by atoms with Crippen LogP contribution >= 0.6 is 0 Å². The second kappa shape index (κ2) is 6.24. The van der Waals surface area contributed by atoms with Crippen LogP contribution in [0, 0.1) is 5.92 Å². The van der Waals surface area contributed by atoms with Gasteiger partial charge in [-0.25, -0.2) is 4.79 Å². The second-order valence-corrected chi connectivity index (χ2v) is 5.68. The summed E-state index contributed by atoms with van der Waals surface area (Å²) in [6.45, 7) is 1.14. The van der Waals surface area contributed by atoms with Crippen molar-refractivity contribution >= 4 is 12.0 Å². The smallest absolute Gasteiger partial charge is 0.437 e. The number of rotatable bonds is 3. The SMILES string of the molecule is CCOC(=O)[C@@H]1[C@@H](c2ccc3c(c2)OCO3)NC(=O)N[C@]1(O)C(F)(F)F. The summed E-state index contributed by atoms with van der Waals surface area (Å²) in [4.78, 5) is 24.0. The lowest BCUT2D eigenvalue weighted by atomic mass is 9.82. The number of hydrogen-bond donors (Lipinski definition) is 3. The van der Waals surface area contributed by atoms with Crippen molar-refractivity contribution in [3.8, 4) is 11.5 Å². The first-order valence-corrected chi connectivity index (χ1v) is 7.61. The monoisotopic (exact) mass is 376 g/mol. The van der Waals surface area contributed by atoms with Crippen molar-refractivity contribution in [2.45, 2.75) is 24.9 Å². The van der Waals surface area contributed by atoms with E-state index < -0.39 is 35.9 Å². The molecule has 3 rings (SSSR count). The minimum atomic E-state index is -5.32. The molecule has 8 nitrogen and oxygen atoms in total. The third-order valence-electron chi connectivity index (χ3n) is 4.10. The van der Waals surface area contributed by atoms with Gasteiger partial charge in [0.15, 0.2) is 11.5 Å². The average molecular weight is 376 g/mol. The summed E-state index contributed by atoms with van der Waals surface area (Å²) < 4.78 is 55.5. The van der Waals surface area contributed by atoms with Crippen molar-refractivity contribution in [1.82, 2.24) is 10.6 Å². The molecular weight excluding hydrogens is 361 g/mol. The quantitative estimate of drug-likeness (QED) is 0.685. The molecule has 2 aliphatic rings. The molecule has 26 heavy (non-hydrogen) atoms. The number of urea groups is 1. The third kappa shape index (κ3) is 2.87. The Balaban J connectivity index is 2.08. The van der Waals surface area contributed by atoms with Gasteiger partial charge in [-0.2, -0.15) is 13.2 Å². The van der Waals surface area contributed by atoms with Crippen molar-refractivity contribution in [2.24, 2.45) is 5.92 Å². The number of alkyl halides is 3. The Morgan fingerprint density at radius 2 is 2.08 bits per heavy atom. The summed E-state index contributed by atoms with van der Waals surface area (Å²) in [5.74, 6) is -2.88.